The van der Waals surface area contributed by atoms with E-state index >= 15 is 0 Å². The predicted molar refractivity (Wildman–Crippen MR) is 142 cm³/mol. The van der Waals surface area contributed by atoms with Gasteiger partial charge in [0.1, 0.15) is 0 Å². The van der Waals surface area contributed by atoms with Crippen molar-refractivity contribution in [1.82, 2.24) is 0 Å². The zero-order chi connectivity index (χ0) is 23.6. The molecule has 0 saturated carbocycles. The van der Waals surface area contributed by atoms with Crippen molar-refractivity contribution >= 4 is 29.9 Å². The van der Waals surface area contributed by atoms with E-state index in [-0.39, 0.29) is 10.8 Å². The minimum absolute atomic E-state index is 0.169. The van der Waals surface area contributed by atoms with Crippen molar-refractivity contribution in [2.45, 2.75) is 63.5 Å². The van der Waals surface area contributed by atoms with E-state index in [2.05, 4.69) is 70.2 Å². The first-order valence-corrected chi connectivity index (χ1v) is 12.9. The number of hydrogen-bond acceptors (Lipinski definition) is 2. The van der Waals surface area contributed by atoms with Crippen molar-refractivity contribution in [2.24, 2.45) is 0 Å². The molecule has 1 N–H and O–H groups in total. The van der Waals surface area contributed by atoms with Crippen molar-refractivity contribution in [3.05, 3.63) is 93.6 Å². The van der Waals surface area contributed by atoms with Gasteiger partial charge in [-0.3, -0.25) is 0 Å². The lowest BCUT2D eigenvalue weighted by Crippen LogP contribution is -2.34. The summed E-state index contributed by atoms with van der Waals surface area (Å²) in [5.74, 6) is 1.16. The van der Waals surface area contributed by atoms with Crippen LogP contribution in [-0.4, -0.2) is 16.8 Å². The number of hydrogen-bond donors (Lipinski definition) is 1. The normalized spacial score (nSPS) is 18.4. The molecular weight excluding hydrogens is 424 g/mol. The topological polar surface area (TPSA) is 37.3 Å². The Kier molecular flexibility index (Phi) is 6.72. The zero-order valence-corrected chi connectivity index (χ0v) is 21.0. The van der Waals surface area contributed by atoms with E-state index in [0.717, 1.165) is 23.5 Å². The highest BCUT2D eigenvalue weighted by Gasteiger charge is 2.37. The molecular formula is C30H34O2S. The van der Waals surface area contributed by atoms with E-state index in [4.69, 9.17) is 5.11 Å². The molecule has 172 valence electrons. The molecule has 0 amide bonds. The Labute approximate surface area is 202 Å². The summed E-state index contributed by atoms with van der Waals surface area (Å²) in [5.41, 5.74) is 8.81. The fourth-order valence-corrected chi connectivity index (χ4v) is 5.82. The van der Waals surface area contributed by atoms with E-state index in [0.29, 0.717) is 5.56 Å². The second kappa shape index (κ2) is 9.38. The van der Waals surface area contributed by atoms with Gasteiger partial charge in [-0.1, -0.05) is 87.9 Å². The van der Waals surface area contributed by atoms with E-state index < -0.39 is 5.97 Å². The highest BCUT2D eigenvalue weighted by molar-refractivity contribution is 7.98. The third-order valence-electron chi connectivity index (χ3n) is 7.12. The van der Waals surface area contributed by atoms with Gasteiger partial charge in [-0.2, -0.15) is 11.8 Å². The Hall–Kier alpha value is -2.52. The van der Waals surface area contributed by atoms with Gasteiger partial charge in [-0.15, -0.1) is 0 Å². The first-order chi connectivity index (χ1) is 15.7. The van der Waals surface area contributed by atoms with Gasteiger partial charge in [-0.05, 0) is 70.0 Å². The van der Waals surface area contributed by atoms with Gasteiger partial charge in [0.15, 0.2) is 0 Å². The smallest absolute Gasteiger partial charge is 0.335 e. The van der Waals surface area contributed by atoms with Crippen LogP contribution in [0, 0.1) is 0 Å². The second-order valence-electron chi connectivity index (χ2n) is 10.6. The summed E-state index contributed by atoms with van der Waals surface area (Å²) in [7, 11) is 0. The Morgan fingerprint density at radius 1 is 0.970 bits per heavy atom. The lowest BCUT2D eigenvalue weighted by molar-refractivity contribution is 0.0697. The molecule has 0 aromatic heterocycles. The molecule has 2 nitrogen and oxygen atoms in total. The fraction of sp³-hybridized carbons (Fsp3) is 0.367. The van der Waals surface area contributed by atoms with Gasteiger partial charge in [0.25, 0.3) is 0 Å². The van der Waals surface area contributed by atoms with Crippen molar-refractivity contribution in [3.63, 3.8) is 0 Å². The van der Waals surface area contributed by atoms with Crippen LogP contribution in [0.15, 0.2) is 60.2 Å². The van der Waals surface area contributed by atoms with E-state index in [9.17, 15) is 4.79 Å². The van der Waals surface area contributed by atoms with Crippen molar-refractivity contribution in [1.29, 1.82) is 0 Å². The lowest BCUT2D eigenvalue weighted by atomic mass is 9.62. The molecule has 0 fully saturated rings. The number of thioether (sulfide) groups is 1. The average molecular weight is 459 g/mol. The fourth-order valence-electron chi connectivity index (χ4n) is 4.77. The molecule has 0 saturated heterocycles. The SMILES string of the molecule is CC1(C)CCC(C)(C)c2cc(CSCC3=CC=CC3)c(/C=C/c3ccc(C(=O)O)cc3)cc21. The summed E-state index contributed by atoms with van der Waals surface area (Å²) in [6, 6.07) is 12.0. The molecule has 4 rings (SSSR count). The van der Waals surface area contributed by atoms with Crippen molar-refractivity contribution in [2.75, 3.05) is 5.75 Å². The Balaban J connectivity index is 1.67. The Morgan fingerprint density at radius 2 is 1.64 bits per heavy atom. The lowest BCUT2D eigenvalue weighted by Gasteiger charge is -2.42. The van der Waals surface area contributed by atoms with Crippen LogP contribution in [0.1, 0.15) is 85.1 Å². The number of carboxylic acid groups (broad SMARTS) is 1. The molecule has 0 heterocycles. The van der Waals surface area contributed by atoms with Gasteiger partial charge in [-0.25, -0.2) is 4.79 Å². The minimum Gasteiger partial charge on any atom is -0.478 e. The van der Waals surface area contributed by atoms with Gasteiger partial charge >= 0.3 is 5.97 Å². The molecule has 2 aromatic rings. The number of benzene rings is 2. The quantitative estimate of drug-likeness (QED) is 0.427. The van der Waals surface area contributed by atoms with Crippen LogP contribution < -0.4 is 0 Å². The Morgan fingerprint density at radius 3 is 2.24 bits per heavy atom. The van der Waals surface area contributed by atoms with Crippen molar-refractivity contribution < 1.29 is 9.90 Å². The Bertz CT molecular complexity index is 1130. The van der Waals surface area contributed by atoms with Crippen LogP contribution in [0.3, 0.4) is 0 Å². The monoisotopic (exact) mass is 458 g/mol. The van der Waals surface area contributed by atoms with E-state index in [1.165, 1.54) is 40.7 Å². The van der Waals surface area contributed by atoms with Gasteiger partial charge < -0.3 is 5.11 Å². The molecule has 33 heavy (non-hydrogen) atoms. The maximum absolute atomic E-state index is 11.2. The summed E-state index contributed by atoms with van der Waals surface area (Å²) in [6.07, 6.45) is 14.4. The number of carbonyl (C=O) groups is 1. The third kappa shape index (κ3) is 5.35. The predicted octanol–water partition coefficient (Wildman–Crippen LogP) is 8.02. The van der Waals surface area contributed by atoms with Crippen LogP contribution in [0.4, 0.5) is 0 Å². The van der Waals surface area contributed by atoms with Crippen LogP contribution in [0.25, 0.3) is 12.2 Å². The maximum atomic E-state index is 11.2. The number of carboxylic acids is 1. The van der Waals surface area contributed by atoms with Crippen LogP contribution >= 0.6 is 11.8 Å². The minimum atomic E-state index is -0.892. The summed E-state index contributed by atoms with van der Waals surface area (Å²) >= 11 is 1.99. The van der Waals surface area contributed by atoms with Gasteiger partial charge in [0.05, 0.1) is 5.56 Å². The molecule has 0 atom stereocenters. The van der Waals surface area contributed by atoms with Crippen LogP contribution in [-0.2, 0) is 16.6 Å². The first kappa shape index (κ1) is 23.6. The molecule has 3 heteroatoms. The van der Waals surface area contributed by atoms with Crippen LogP contribution in [0.2, 0.25) is 0 Å². The first-order valence-electron chi connectivity index (χ1n) is 11.8. The summed E-state index contributed by atoms with van der Waals surface area (Å²) in [5, 5.41) is 9.16. The zero-order valence-electron chi connectivity index (χ0n) is 20.2. The molecule has 2 aromatic carbocycles. The molecule has 0 unspecified atom stereocenters. The number of fused-ring (bicyclic) bond motifs is 1. The molecule has 0 spiro atoms. The van der Waals surface area contributed by atoms with Crippen molar-refractivity contribution in [3.8, 4) is 0 Å². The van der Waals surface area contributed by atoms with E-state index in [1.807, 2.05) is 23.9 Å². The highest BCUT2D eigenvalue weighted by atomic mass is 32.2. The number of rotatable bonds is 7. The molecule has 0 radical (unpaired) electrons. The van der Waals surface area contributed by atoms with Crippen LogP contribution in [0.5, 0.6) is 0 Å². The average Bonchev–Trinajstić information content (AvgIpc) is 3.29. The number of aromatic carboxylic acids is 1. The highest BCUT2D eigenvalue weighted by Crippen LogP contribution is 2.47. The van der Waals surface area contributed by atoms with Gasteiger partial charge in [0.2, 0.25) is 0 Å². The maximum Gasteiger partial charge on any atom is 0.335 e. The number of allylic oxidation sites excluding steroid dienone is 3. The summed E-state index contributed by atoms with van der Waals surface area (Å²) in [4.78, 5) is 11.2. The van der Waals surface area contributed by atoms with Gasteiger partial charge in [0, 0.05) is 11.5 Å². The summed E-state index contributed by atoms with van der Waals surface area (Å²) < 4.78 is 0. The largest absolute Gasteiger partial charge is 0.478 e. The summed E-state index contributed by atoms with van der Waals surface area (Å²) in [6.45, 7) is 9.50. The standard InChI is InChI=1S/C30H34O2S/c1-29(2)15-16-30(3,4)27-18-25(20-33-19-22-7-5-6-8-22)24(17-26(27)29)14-11-21-9-12-23(13-10-21)28(31)32/h5-7,9-14,17-18H,8,15-16,19-20H2,1-4H3,(H,31,32)/b14-11+. The molecule has 2 aliphatic carbocycles. The second-order valence-corrected chi connectivity index (χ2v) is 11.6. The third-order valence-corrected chi connectivity index (χ3v) is 8.21. The molecule has 2 aliphatic rings. The molecule has 0 bridgehead atoms. The molecule has 0 aliphatic heterocycles. The van der Waals surface area contributed by atoms with E-state index in [1.54, 1.807) is 12.1 Å².